The number of hydrogen-bond donors (Lipinski definition) is 3. The van der Waals surface area contributed by atoms with E-state index in [1.54, 1.807) is 22.4 Å². The van der Waals surface area contributed by atoms with Gasteiger partial charge in [-0.1, -0.05) is 0 Å². The van der Waals surface area contributed by atoms with Crippen LogP contribution < -0.4 is 16.8 Å². The van der Waals surface area contributed by atoms with Gasteiger partial charge in [0.2, 0.25) is 5.13 Å². The standard InChI is InChI=1S/C14H18N6O3S.ClH/c15-12(16)19-13-18-10(8-24-13)11-2-1-9(23-11)7-17-14(21)20-3-5-22-6-4-20;/h1-2,8H,3-7H2,(H,17,21)(H4,15,16,18,19);1H. The molecule has 2 aromatic heterocycles. The first kappa shape index (κ1) is 19.0. The predicted molar refractivity (Wildman–Crippen MR) is 97.2 cm³/mol. The first-order valence-electron chi connectivity index (χ1n) is 7.36. The number of nitrogens with zero attached hydrogens (tertiary/aromatic N) is 3. The van der Waals surface area contributed by atoms with Gasteiger partial charge in [-0.25, -0.2) is 9.78 Å². The number of aromatic nitrogens is 1. The Morgan fingerprint density at radius 1 is 1.36 bits per heavy atom. The zero-order chi connectivity index (χ0) is 16.9. The lowest BCUT2D eigenvalue weighted by Crippen LogP contribution is -2.45. The lowest BCUT2D eigenvalue weighted by atomic mass is 10.3. The third-order valence-electron chi connectivity index (χ3n) is 3.34. The summed E-state index contributed by atoms with van der Waals surface area (Å²) in [4.78, 5) is 21.9. The number of aliphatic imine (C=N–C) groups is 1. The van der Waals surface area contributed by atoms with Crippen LogP contribution in [0, 0.1) is 0 Å². The predicted octanol–water partition coefficient (Wildman–Crippen LogP) is 1.27. The zero-order valence-corrected chi connectivity index (χ0v) is 14.9. The molecule has 1 saturated heterocycles. The number of morpholine rings is 1. The topological polar surface area (TPSA) is 132 Å². The Kier molecular flexibility index (Phi) is 6.62. The summed E-state index contributed by atoms with van der Waals surface area (Å²) in [6.07, 6.45) is 0. The second-order valence-corrected chi connectivity index (χ2v) is 5.91. The molecule has 0 spiro atoms. The zero-order valence-electron chi connectivity index (χ0n) is 13.3. The molecule has 1 aliphatic heterocycles. The van der Waals surface area contributed by atoms with Crippen molar-refractivity contribution in [3.05, 3.63) is 23.3 Å². The minimum absolute atomic E-state index is 0. The molecule has 2 amide bonds. The Morgan fingerprint density at radius 3 is 2.84 bits per heavy atom. The normalized spacial score (nSPS) is 13.8. The lowest BCUT2D eigenvalue weighted by Gasteiger charge is -2.26. The van der Waals surface area contributed by atoms with E-state index in [9.17, 15) is 4.79 Å². The molecule has 0 atom stereocenters. The average Bonchev–Trinajstić information content (AvgIpc) is 3.22. The van der Waals surface area contributed by atoms with Crippen LogP contribution in [0.3, 0.4) is 0 Å². The fourth-order valence-electron chi connectivity index (χ4n) is 2.19. The summed E-state index contributed by atoms with van der Waals surface area (Å²) in [5.74, 6) is 1.20. The van der Waals surface area contributed by atoms with Gasteiger partial charge in [-0.2, -0.15) is 4.99 Å². The van der Waals surface area contributed by atoms with E-state index >= 15 is 0 Å². The molecule has 2 aromatic rings. The molecule has 3 rings (SSSR count). The van der Waals surface area contributed by atoms with Gasteiger partial charge in [-0.15, -0.1) is 23.7 Å². The quantitative estimate of drug-likeness (QED) is 0.535. The van der Waals surface area contributed by atoms with Crippen LogP contribution in [0.2, 0.25) is 0 Å². The highest BCUT2D eigenvalue weighted by molar-refractivity contribution is 7.13. The summed E-state index contributed by atoms with van der Waals surface area (Å²) in [5, 5.41) is 5.09. The van der Waals surface area contributed by atoms with Crippen LogP contribution in [0.5, 0.6) is 0 Å². The van der Waals surface area contributed by atoms with Gasteiger partial charge in [-0.05, 0) is 12.1 Å². The Labute approximate surface area is 154 Å². The van der Waals surface area contributed by atoms with Gasteiger partial charge >= 0.3 is 6.03 Å². The Hall–Kier alpha value is -2.30. The maximum absolute atomic E-state index is 12.0. The highest BCUT2D eigenvalue weighted by atomic mass is 35.5. The van der Waals surface area contributed by atoms with Crippen LogP contribution in [0.25, 0.3) is 11.5 Å². The van der Waals surface area contributed by atoms with Gasteiger partial charge in [0.1, 0.15) is 11.5 Å². The van der Waals surface area contributed by atoms with Crippen LogP contribution in [-0.2, 0) is 11.3 Å². The van der Waals surface area contributed by atoms with E-state index in [-0.39, 0.29) is 24.4 Å². The van der Waals surface area contributed by atoms with Crippen molar-refractivity contribution in [2.45, 2.75) is 6.54 Å². The van der Waals surface area contributed by atoms with Crippen LogP contribution >= 0.6 is 23.7 Å². The van der Waals surface area contributed by atoms with Crippen LogP contribution in [0.15, 0.2) is 26.9 Å². The van der Waals surface area contributed by atoms with Crippen LogP contribution in [-0.4, -0.2) is 48.2 Å². The molecule has 136 valence electrons. The summed E-state index contributed by atoms with van der Waals surface area (Å²) in [6, 6.07) is 3.47. The minimum atomic E-state index is -0.125. The Morgan fingerprint density at radius 2 is 2.12 bits per heavy atom. The number of urea groups is 1. The van der Waals surface area contributed by atoms with E-state index in [0.29, 0.717) is 55.2 Å². The molecule has 0 saturated carbocycles. The van der Waals surface area contributed by atoms with Gasteiger partial charge < -0.3 is 30.8 Å². The molecule has 1 fully saturated rings. The molecule has 1 aliphatic rings. The highest BCUT2D eigenvalue weighted by Crippen LogP contribution is 2.27. The number of ether oxygens (including phenoxy) is 1. The van der Waals surface area contributed by atoms with Crippen molar-refractivity contribution >= 4 is 40.9 Å². The van der Waals surface area contributed by atoms with E-state index in [4.69, 9.17) is 20.6 Å². The first-order chi connectivity index (χ1) is 11.6. The minimum Gasteiger partial charge on any atom is -0.458 e. The highest BCUT2D eigenvalue weighted by Gasteiger charge is 2.17. The second kappa shape index (κ2) is 8.70. The van der Waals surface area contributed by atoms with E-state index in [0.717, 1.165) is 0 Å². The fourth-order valence-corrected chi connectivity index (χ4v) is 2.89. The second-order valence-electron chi connectivity index (χ2n) is 5.08. The summed E-state index contributed by atoms with van der Waals surface area (Å²) in [7, 11) is 0. The Bertz CT molecular complexity index is 737. The van der Waals surface area contributed by atoms with Crippen LogP contribution in [0.4, 0.5) is 9.93 Å². The largest absolute Gasteiger partial charge is 0.458 e. The molecular formula is C14H19ClN6O3S. The van der Waals surface area contributed by atoms with Crippen molar-refractivity contribution in [1.29, 1.82) is 0 Å². The van der Waals surface area contributed by atoms with Gasteiger partial charge in [0.05, 0.1) is 19.8 Å². The number of furan rings is 1. The third kappa shape index (κ3) is 5.08. The van der Waals surface area contributed by atoms with Crippen LogP contribution in [0.1, 0.15) is 5.76 Å². The summed E-state index contributed by atoms with van der Waals surface area (Å²) in [6.45, 7) is 2.64. The lowest BCUT2D eigenvalue weighted by molar-refractivity contribution is 0.0530. The van der Waals surface area contributed by atoms with E-state index < -0.39 is 0 Å². The summed E-state index contributed by atoms with van der Waals surface area (Å²) >= 11 is 1.31. The van der Waals surface area contributed by atoms with E-state index in [1.165, 1.54) is 11.3 Å². The number of halogens is 1. The number of carbonyl (C=O) groups excluding carboxylic acids is 1. The molecular weight excluding hydrogens is 368 g/mol. The molecule has 25 heavy (non-hydrogen) atoms. The average molecular weight is 387 g/mol. The monoisotopic (exact) mass is 386 g/mol. The molecule has 5 N–H and O–H groups in total. The summed E-state index contributed by atoms with van der Waals surface area (Å²) in [5.41, 5.74) is 11.3. The van der Waals surface area contributed by atoms with Crippen molar-refractivity contribution < 1.29 is 13.9 Å². The number of amides is 2. The molecule has 0 aliphatic carbocycles. The van der Waals surface area contributed by atoms with E-state index in [2.05, 4.69) is 15.3 Å². The number of nitrogens with one attached hydrogen (secondary N) is 1. The van der Waals surface area contributed by atoms with Gasteiger partial charge in [0.15, 0.2) is 11.7 Å². The van der Waals surface area contributed by atoms with Crippen molar-refractivity contribution in [2.75, 3.05) is 26.3 Å². The molecule has 11 heteroatoms. The summed E-state index contributed by atoms with van der Waals surface area (Å²) < 4.78 is 10.9. The molecule has 3 heterocycles. The smallest absolute Gasteiger partial charge is 0.317 e. The molecule has 9 nitrogen and oxygen atoms in total. The molecule has 0 aromatic carbocycles. The fraction of sp³-hybridized carbons (Fsp3) is 0.357. The van der Waals surface area contributed by atoms with Gasteiger partial charge in [0.25, 0.3) is 0 Å². The van der Waals surface area contributed by atoms with Crippen molar-refractivity contribution in [3.63, 3.8) is 0 Å². The number of nitrogens with two attached hydrogens (primary N) is 2. The number of thiazole rings is 1. The van der Waals surface area contributed by atoms with Crippen molar-refractivity contribution in [1.82, 2.24) is 15.2 Å². The van der Waals surface area contributed by atoms with Gasteiger partial charge in [0, 0.05) is 18.5 Å². The van der Waals surface area contributed by atoms with Gasteiger partial charge in [-0.3, -0.25) is 0 Å². The number of rotatable bonds is 4. The molecule has 0 unspecified atom stereocenters. The third-order valence-corrected chi connectivity index (χ3v) is 4.08. The van der Waals surface area contributed by atoms with Crippen molar-refractivity contribution in [3.8, 4) is 11.5 Å². The first-order valence-corrected chi connectivity index (χ1v) is 8.24. The maximum Gasteiger partial charge on any atom is 0.317 e. The number of carbonyl (C=O) groups is 1. The van der Waals surface area contributed by atoms with E-state index in [1.807, 2.05) is 0 Å². The number of guanidine groups is 1. The maximum atomic E-state index is 12.0. The molecule has 0 bridgehead atoms. The SMILES string of the molecule is Cl.NC(N)=Nc1nc(-c2ccc(CNC(=O)N3CCOCC3)o2)cs1. The van der Waals surface area contributed by atoms with Crippen molar-refractivity contribution in [2.24, 2.45) is 16.5 Å². The number of hydrogen-bond acceptors (Lipinski definition) is 6. The molecule has 0 radical (unpaired) electrons. The Balaban J connectivity index is 0.00000225.